The van der Waals surface area contributed by atoms with Gasteiger partial charge in [0.15, 0.2) is 5.76 Å². The molecule has 3 rings (SSSR count). The van der Waals surface area contributed by atoms with Crippen molar-refractivity contribution in [3.63, 3.8) is 0 Å². The third-order valence-corrected chi connectivity index (χ3v) is 3.40. The van der Waals surface area contributed by atoms with Crippen molar-refractivity contribution in [2.24, 2.45) is 5.92 Å². The van der Waals surface area contributed by atoms with Crippen LogP contribution in [0.3, 0.4) is 0 Å². The van der Waals surface area contributed by atoms with Crippen LogP contribution in [0.1, 0.15) is 28.5 Å². The largest absolute Gasteiger partial charge is 0.459 e. The SMILES string of the molecule is O=C(NNC(=O)[C@@H]1C[C@H]1c1ccccc1)c1ccco1. The second kappa shape index (κ2) is 5.21. The molecule has 1 saturated carbocycles. The lowest BCUT2D eigenvalue weighted by Crippen LogP contribution is -2.42. The topological polar surface area (TPSA) is 71.3 Å². The van der Waals surface area contributed by atoms with Crippen molar-refractivity contribution in [3.05, 3.63) is 60.1 Å². The third kappa shape index (κ3) is 2.56. The molecule has 1 aliphatic carbocycles. The van der Waals surface area contributed by atoms with Gasteiger partial charge in [0.2, 0.25) is 5.91 Å². The molecule has 1 aliphatic rings. The molecule has 5 heteroatoms. The van der Waals surface area contributed by atoms with E-state index in [1.165, 1.54) is 12.3 Å². The van der Waals surface area contributed by atoms with Crippen LogP contribution in [0.2, 0.25) is 0 Å². The number of hydrogen-bond acceptors (Lipinski definition) is 3. The first kappa shape index (κ1) is 12.5. The molecule has 102 valence electrons. The Hall–Kier alpha value is -2.56. The molecule has 0 spiro atoms. The van der Waals surface area contributed by atoms with Gasteiger partial charge in [-0.3, -0.25) is 20.4 Å². The van der Waals surface area contributed by atoms with Crippen LogP contribution >= 0.6 is 0 Å². The zero-order valence-electron chi connectivity index (χ0n) is 10.7. The lowest BCUT2D eigenvalue weighted by molar-refractivity contribution is -0.123. The summed E-state index contributed by atoms with van der Waals surface area (Å²) in [6.45, 7) is 0. The summed E-state index contributed by atoms with van der Waals surface area (Å²) in [5.41, 5.74) is 5.94. The van der Waals surface area contributed by atoms with E-state index in [0.29, 0.717) is 0 Å². The van der Waals surface area contributed by atoms with Gasteiger partial charge >= 0.3 is 5.91 Å². The van der Waals surface area contributed by atoms with Crippen molar-refractivity contribution < 1.29 is 14.0 Å². The Morgan fingerprint density at radius 1 is 1.05 bits per heavy atom. The summed E-state index contributed by atoms with van der Waals surface area (Å²) in [5, 5.41) is 0. The average molecular weight is 270 g/mol. The van der Waals surface area contributed by atoms with E-state index in [1.54, 1.807) is 6.07 Å². The minimum Gasteiger partial charge on any atom is -0.459 e. The number of rotatable bonds is 3. The van der Waals surface area contributed by atoms with Gasteiger partial charge < -0.3 is 4.42 Å². The van der Waals surface area contributed by atoms with Crippen LogP contribution in [0.5, 0.6) is 0 Å². The highest BCUT2D eigenvalue weighted by molar-refractivity contribution is 5.93. The molecule has 1 aromatic carbocycles. The van der Waals surface area contributed by atoms with Gasteiger partial charge in [0.1, 0.15) is 0 Å². The van der Waals surface area contributed by atoms with E-state index in [2.05, 4.69) is 10.9 Å². The van der Waals surface area contributed by atoms with Crippen molar-refractivity contribution in [2.45, 2.75) is 12.3 Å². The minimum absolute atomic E-state index is 0.0747. The summed E-state index contributed by atoms with van der Waals surface area (Å²) < 4.78 is 4.93. The Morgan fingerprint density at radius 3 is 2.55 bits per heavy atom. The molecule has 2 N–H and O–H groups in total. The van der Waals surface area contributed by atoms with Crippen LogP contribution in [0.15, 0.2) is 53.1 Å². The van der Waals surface area contributed by atoms with Crippen LogP contribution < -0.4 is 10.9 Å². The molecule has 5 nitrogen and oxygen atoms in total. The second-order valence-corrected chi connectivity index (χ2v) is 4.78. The molecule has 0 aliphatic heterocycles. The van der Waals surface area contributed by atoms with Crippen LogP contribution in [0, 0.1) is 5.92 Å². The highest BCUT2D eigenvalue weighted by Crippen LogP contribution is 2.47. The quantitative estimate of drug-likeness (QED) is 0.836. The highest BCUT2D eigenvalue weighted by Gasteiger charge is 2.43. The zero-order valence-corrected chi connectivity index (χ0v) is 10.7. The summed E-state index contributed by atoms with van der Waals surface area (Å²) in [6.07, 6.45) is 2.22. The predicted molar refractivity (Wildman–Crippen MR) is 71.6 cm³/mol. The van der Waals surface area contributed by atoms with Crippen molar-refractivity contribution in [3.8, 4) is 0 Å². The molecule has 1 heterocycles. The van der Waals surface area contributed by atoms with Crippen molar-refractivity contribution in [1.82, 2.24) is 10.9 Å². The summed E-state index contributed by atoms with van der Waals surface area (Å²) in [5.74, 6) is -0.286. The second-order valence-electron chi connectivity index (χ2n) is 4.78. The van der Waals surface area contributed by atoms with Gasteiger partial charge in [-0.1, -0.05) is 30.3 Å². The monoisotopic (exact) mass is 270 g/mol. The van der Waals surface area contributed by atoms with Gasteiger partial charge in [0, 0.05) is 5.92 Å². The summed E-state index contributed by atoms with van der Waals surface area (Å²) in [6, 6.07) is 13.0. The highest BCUT2D eigenvalue weighted by atomic mass is 16.3. The van der Waals surface area contributed by atoms with E-state index >= 15 is 0 Å². The fraction of sp³-hybridized carbons (Fsp3) is 0.200. The fourth-order valence-corrected chi connectivity index (χ4v) is 2.23. The maximum absolute atomic E-state index is 11.9. The van der Waals surface area contributed by atoms with E-state index in [9.17, 15) is 9.59 Å². The normalized spacial score (nSPS) is 20.2. The van der Waals surface area contributed by atoms with Gasteiger partial charge in [-0.15, -0.1) is 0 Å². The maximum atomic E-state index is 11.9. The number of carbonyl (C=O) groups is 2. The Morgan fingerprint density at radius 2 is 1.85 bits per heavy atom. The first-order valence-electron chi connectivity index (χ1n) is 6.44. The summed E-state index contributed by atoms with van der Waals surface area (Å²) in [4.78, 5) is 23.5. The maximum Gasteiger partial charge on any atom is 0.305 e. The predicted octanol–water partition coefficient (Wildman–Crippen LogP) is 1.84. The van der Waals surface area contributed by atoms with Gasteiger partial charge in [-0.05, 0) is 30.0 Å². The number of amides is 2. The number of nitrogens with one attached hydrogen (secondary N) is 2. The number of carbonyl (C=O) groups excluding carboxylic acids is 2. The molecule has 1 aromatic heterocycles. The number of hydrazine groups is 1. The molecule has 0 saturated heterocycles. The molecule has 2 aromatic rings. The third-order valence-electron chi connectivity index (χ3n) is 3.40. The fourth-order valence-electron chi connectivity index (χ4n) is 2.23. The van der Waals surface area contributed by atoms with Crippen LogP contribution in [0.25, 0.3) is 0 Å². The first-order valence-corrected chi connectivity index (χ1v) is 6.44. The summed E-state index contributed by atoms with van der Waals surface area (Å²) in [7, 11) is 0. The molecular weight excluding hydrogens is 256 g/mol. The Labute approximate surface area is 115 Å². The summed E-state index contributed by atoms with van der Waals surface area (Å²) >= 11 is 0. The van der Waals surface area contributed by atoms with Crippen molar-refractivity contribution in [2.75, 3.05) is 0 Å². The van der Waals surface area contributed by atoms with E-state index in [0.717, 1.165) is 12.0 Å². The zero-order chi connectivity index (χ0) is 13.9. The molecule has 20 heavy (non-hydrogen) atoms. The van der Waals surface area contributed by atoms with Crippen LogP contribution in [-0.4, -0.2) is 11.8 Å². The number of hydrogen-bond donors (Lipinski definition) is 2. The van der Waals surface area contributed by atoms with E-state index in [1.807, 2.05) is 30.3 Å². The minimum atomic E-state index is -0.458. The van der Waals surface area contributed by atoms with Crippen LogP contribution in [-0.2, 0) is 4.79 Å². The first-order chi connectivity index (χ1) is 9.75. The Balaban J connectivity index is 1.51. The molecule has 2 atom stereocenters. The van der Waals surface area contributed by atoms with Gasteiger partial charge in [0.25, 0.3) is 0 Å². The Kier molecular flexibility index (Phi) is 3.25. The van der Waals surface area contributed by atoms with Gasteiger partial charge in [0.05, 0.1) is 6.26 Å². The van der Waals surface area contributed by atoms with E-state index in [-0.39, 0.29) is 23.5 Å². The van der Waals surface area contributed by atoms with E-state index < -0.39 is 5.91 Å². The average Bonchev–Trinajstić information content (AvgIpc) is 3.10. The lowest BCUT2D eigenvalue weighted by Gasteiger charge is -2.05. The Bertz CT molecular complexity index is 607. The molecule has 0 bridgehead atoms. The molecule has 2 amide bonds. The smallest absolute Gasteiger partial charge is 0.305 e. The van der Waals surface area contributed by atoms with Crippen molar-refractivity contribution >= 4 is 11.8 Å². The standard InChI is InChI=1S/C15H14N2O3/c18-14(16-17-15(19)13-7-4-8-20-13)12-9-11(12)10-5-2-1-3-6-10/h1-8,11-12H,9H2,(H,16,18)(H,17,19)/t11-,12+/m0/s1. The lowest BCUT2D eigenvalue weighted by atomic mass is 10.1. The van der Waals surface area contributed by atoms with Crippen LogP contribution in [0.4, 0.5) is 0 Å². The van der Waals surface area contributed by atoms with Crippen molar-refractivity contribution in [1.29, 1.82) is 0 Å². The number of benzene rings is 1. The molecular formula is C15H14N2O3. The van der Waals surface area contributed by atoms with E-state index in [4.69, 9.17) is 4.42 Å². The molecule has 0 unspecified atom stereocenters. The van der Waals surface area contributed by atoms with Gasteiger partial charge in [-0.25, -0.2) is 0 Å². The van der Waals surface area contributed by atoms with Gasteiger partial charge in [-0.2, -0.15) is 0 Å². The molecule has 1 fully saturated rings. The number of furan rings is 1. The molecule has 0 radical (unpaired) electrons.